The first-order chi connectivity index (χ1) is 7.11. The van der Waals surface area contributed by atoms with Crippen LogP contribution < -0.4 is 0 Å². The van der Waals surface area contributed by atoms with Gasteiger partial charge in [0.25, 0.3) is 5.69 Å². The lowest BCUT2D eigenvalue weighted by atomic mass is 9.95. The summed E-state index contributed by atoms with van der Waals surface area (Å²) in [4.78, 5) is 10.2. The van der Waals surface area contributed by atoms with Crippen molar-refractivity contribution in [1.82, 2.24) is 0 Å². The quantitative estimate of drug-likeness (QED) is 0.563. The molecule has 15 heavy (non-hydrogen) atoms. The SMILES string of the molecule is C=Cc1c([C](C)CF)cccc1[N+](=O)[O-]. The van der Waals surface area contributed by atoms with Crippen molar-refractivity contribution in [3.8, 4) is 0 Å². The summed E-state index contributed by atoms with van der Waals surface area (Å²) >= 11 is 0. The second-order valence-corrected chi connectivity index (χ2v) is 3.11. The van der Waals surface area contributed by atoms with Gasteiger partial charge in [0, 0.05) is 12.0 Å². The number of hydrogen-bond donors (Lipinski definition) is 0. The Morgan fingerprint density at radius 3 is 2.80 bits per heavy atom. The molecule has 0 atom stereocenters. The molecule has 0 aliphatic carbocycles. The second kappa shape index (κ2) is 4.68. The molecule has 0 unspecified atom stereocenters. The Morgan fingerprint density at radius 1 is 1.67 bits per heavy atom. The van der Waals surface area contributed by atoms with Crippen LogP contribution in [0.4, 0.5) is 10.1 Å². The van der Waals surface area contributed by atoms with E-state index >= 15 is 0 Å². The van der Waals surface area contributed by atoms with E-state index < -0.39 is 11.6 Å². The van der Waals surface area contributed by atoms with Gasteiger partial charge in [-0.2, -0.15) is 0 Å². The van der Waals surface area contributed by atoms with Crippen molar-refractivity contribution in [3.63, 3.8) is 0 Å². The van der Waals surface area contributed by atoms with E-state index in [1.807, 2.05) is 0 Å². The molecular formula is C11H11FNO2. The molecule has 0 aromatic heterocycles. The number of rotatable bonds is 4. The average Bonchev–Trinajstić information content (AvgIpc) is 2.26. The van der Waals surface area contributed by atoms with E-state index in [4.69, 9.17) is 0 Å². The summed E-state index contributed by atoms with van der Waals surface area (Å²) in [5.41, 5.74) is 0.870. The van der Waals surface area contributed by atoms with Crippen molar-refractivity contribution >= 4 is 11.8 Å². The van der Waals surface area contributed by atoms with Crippen LogP contribution >= 0.6 is 0 Å². The first-order valence-electron chi connectivity index (χ1n) is 4.40. The zero-order valence-electron chi connectivity index (χ0n) is 8.37. The molecule has 0 saturated heterocycles. The molecule has 0 spiro atoms. The van der Waals surface area contributed by atoms with E-state index in [9.17, 15) is 14.5 Å². The van der Waals surface area contributed by atoms with Gasteiger partial charge in [0.1, 0.15) is 0 Å². The van der Waals surface area contributed by atoms with Gasteiger partial charge in [-0.3, -0.25) is 14.5 Å². The molecule has 1 radical (unpaired) electrons. The van der Waals surface area contributed by atoms with Gasteiger partial charge < -0.3 is 0 Å². The molecule has 4 heteroatoms. The highest BCUT2D eigenvalue weighted by molar-refractivity contribution is 5.66. The van der Waals surface area contributed by atoms with E-state index in [0.717, 1.165) is 0 Å². The minimum Gasteiger partial charge on any atom is -0.258 e. The summed E-state index contributed by atoms with van der Waals surface area (Å²) in [7, 11) is 0. The van der Waals surface area contributed by atoms with Crippen LogP contribution in [0.5, 0.6) is 0 Å². The predicted molar refractivity (Wildman–Crippen MR) is 57.2 cm³/mol. The maximum atomic E-state index is 12.5. The van der Waals surface area contributed by atoms with Crippen LogP contribution in [0, 0.1) is 16.0 Å². The highest BCUT2D eigenvalue weighted by Crippen LogP contribution is 2.28. The lowest BCUT2D eigenvalue weighted by Gasteiger charge is -2.10. The van der Waals surface area contributed by atoms with Gasteiger partial charge in [-0.05, 0) is 5.56 Å². The minimum absolute atomic E-state index is 0.0460. The lowest BCUT2D eigenvalue weighted by Crippen LogP contribution is -2.02. The third-order valence-corrected chi connectivity index (χ3v) is 2.14. The number of nitrogens with zero attached hydrogens (tertiary/aromatic N) is 1. The molecule has 0 bridgehead atoms. The van der Waals surface area contributed by atoms with E-state index in [2.05, 4.69) is 6.58 Å². The number of nitro groups is 1. The van der Waals surface area contributed by atoms with Crippen LogP contribution in [-0.2, 0) is 0 Å². The summed E-state index contributed by atoms with van der Waals surface area (Å²) in [5.74, 6) is 0.466. The highest BCUT2D eigenvalue weighted by Gasteiger charge is 2.18. The normalized spacial score (nSPS) is 10.3. The number of hydrogen-bond acceptors (Lipinski definition) is 2. The molecule has 0 heterocycles. The summed E-state index contributed by atoms with van der Waals surface area (Å²) in [6.07, 6.45) is 1.38. The number of alkyl halides is 1. The van der Waals surface area contributed by atoms with Gasteiger partial charge in [0.15, 0.2) is 0 Å². The zero-order valence-corrected chi connectivity index (χ0v) is 8.37. The van der Waals surface area contributed by atoms with Gasteiger partial charge in [-0.25, -0.2) is 0 Å². The van der Waals surface area contributed by atoms with Gasteiger partial charge in [0.05, 0.1) is 17.2 Å². The fourth-order valence-corrected chi connectivity index (χ4v) is 1.37. The van der Waals surface area contributed by atoms with E-state index in [1.54, 1.807) is 19.1 Å². The van der Waals surface area contributed by atoms with E-state index in [1.165, 1.54) is 12.1 Å². The molecule has 1 aromatic carbocycles. The average molecular weight is 208 g/mol. The van der Waals surface area contributed by atoms with Crippen molar-refractivity contribution in [3.05, 3.63) is 51.9 Å². The monoisotopic (exact) mass is 208 g/mol. The molecule has 3 nitrogen and oxygen atoms in total. The Kier molecular flexibility index (Phi) is 3.55. The van der Waals surface area contributed by atoms with Crippen molar-refractivity contribution in [2.45, 2.75) is 6.92 Å². The standard InChI is InChI=1S/C11H11FNO2/c1-3-9-10(8(2)7-12)5-4-6-11(9)13(14)15/h3-6H,1,7H2,2H3. The second-order valence-electron chi connectivity index (χ2n) is 3.11. The van der Waals surface area contributed by atoms with Crippen LogP contribution in [-0.4, -0.2) is 11.6 Å². The van der Waals surface area contributed by atoms with Crippen LogP contribution in [0.2, 0.25) is 0 Å². The summed E-state index contributed by atoms with van der Waals surface area (Å²) in [6, 6.07) is 4.57. The third-order valence-electron chi connectivity index (χ3n) is 2.14. The summed E-state index contributed by atoms with van der Waals surface area (Å²) in [5, 5.41) is 10.7. The molecule has 1 aromatic rings. The largest absolute Gasteiger partial charge is 0.276 e. The van der Waals surface area contributed by atoms with Crippen molar-refractivity contribution < 1.29 is 9.31 Å². The summed E-state index contributed by atoms with van der Waals surface area (Å²) in [6.45, 7) is 4.49. The van der Waals surface area contributed by atoms with Gasteiger partial charge >= 0.3 is 0 Å². The Hall–Kier alpha value is -1.71. The molecule has 1 rings (SSSR count). The predicted octanol–water partition coefficient (Wildman–Crippen LogP) is 3.15. The van der Waals surface area contributed by atoms with Crippen molar-refractivity contribution in [2.24, 2.45) is 0 Å². The van der Waals surface area contributed by atoms with Crippen LogP contribution in [0.15, 0.2) is 24.8 Å². The van der Waals surface area contributed by atoms with Crippen molar-refractivity contribution in [2.75, 3.05) is 6.67 Å². The fraction of sp³-hybridized carbons (Fsp3) is 0.182. The molecule has 0 aliphatic rings. The summed E-state index contributed by atoms with van der Waals surface area (Å²) < 4.78 is 12.5. The Bertz CT molecular complexity index is 390. The number of halogens is 1. The minimum atomic E-state index is -0.623. The van der Waals surface area contributed by atoms with Crippen LogP contribution in [0.25, 0.3) is 6.08 Å². The Morgan fingerprint density at radius 2 is 2.33 bits per heavy atom. The molecule has 0 N–H and O–H groups in total. The molecule has 0 aliphatic heterocycles. The molecule has 0 saturated carbocycles. The lowest BCUT2D eigenvalue weighted by molar-refractivity contribution is -0.385. The molecule has 0 amide bonds. The smallest absolute Gasteiger partial charge is 0.258 e. The van der Waals surface area contributed by atoms with Crippen LogP contribution in [0.1, 0.15) is 18.1 Å². The fourth-order valence-electron chi connectivity index (χ4n) is 1.37. The van der Waals surface area contributed by atoms with E-state index in [-0.39, 0.29) is 5.69 Å². The molecule has 79 valence electrons. The molecule has 0 fully saturated rings. The Labute approximate surface area is 87.4 Å². The third kappa shape index (κ3) is 2.21. The van der Waals surface area contributed by atoms with Crippen LogP contribution in [0.3, 0.4) is 0 Å². The number of nitro benzene ring substituents is 1. The van der Waals surface area contributed by atoms with Crippen molar-refractivity contribution in [1.29, 1.82) is 0 Å². The first kappa shape index (κ1) is 11.4. The highest BCUT2D eigenvalue weighted by atomic mass is 19.1. The topological polar surface area (TPSA) is 43.1 Å². The van der Waals surface area contributed by atoms with Gasteiger partial charge in [-0.15, -0.1) is 0 Å². The van der Waals surface area contributed by atoms with E-state index in [0.29, 0.717) is 17.0 Å². The van der Waals surface area contributed by atoms with Gasteiger partial charge in [-0.1, -0.05) is 31.7 Å². The first-order valence-corrected chi connectivity index (χ1v) is 4.40. The molecular weight excluding hydrogens is 197 g/mol. The van der Waals surface area contributed by atoms with Gasteiger partial charge in [0.2, 0.25) is 0 Å². The number of benzene rings is 1. The zero-order chi connectivity index (χ0) is 11.4. The maximum Gasteiger partial charge on any atom is 0.276 e. The Balaban J connectivity index is 3.34. The maximum absolute atomic E-state index is 12.5.